The van der Waals surface area contributed by atoms with Crippen molar-refractivity contribution >= 4 is 0 Å². The normalized spacial score (nSPS) is 13.5. The molecule has 0 bridgehead atoms. The fourth-order valence-electron chi connectivity index (χ4n) is 1.70. The Balaban J connectivity index is 1.94. The molecule has 0 amide bonds. The van der Waals surface area contributed by atoms with E-state index in [9.17, 15) is 0 Å². The van der Waals surface area contributed by atoms with Gasteiger partial charge in [-0.3, -0.25) is 4.98 Å². The lowest BCUT2D eigenvalue weighted by Crippen LogP contribution is -2.22. The molecule has 2 aromatic heterocycles. The van der Waals surface area contributed by atoms with E-state index in [2.05, 4.69) is 48.3 Å². The third-order valence-corrected chi connectivity index (χ3v) is 2.95. The smallest absolute Gasteiger partial charge is 0.0965 e. The van der Waals surface area contributed by atoms with E-state index >= 15 is 0 Å². The Morgan fingerprint density at radius 1 is 1.32 bits per heavy atom. The van der Waals surface area contributed by atoms with Crippen molar-refractivity contribution in [3.63, 3.8) is 0 Å². The van der Waals surface area contributed by atoms with Crippen LogP contribution < -0.4 is 5.32 Å². The van der Waals surface area contributed by atoms with Crippen LogP contribution in [0.15, 0.2) is 30.6 Å². The van der Waals surface area contributed by atoms with Gasteiger partial charge in [0, 0.05) is 18.8 Å². The molecule has 0 fully saturated rings. The quantitative estimate of drug-likeness (QED) is 0.915. The summed E-state index contributed by atoms with van der Waals surface area (Å²) in [5, 5.41) is 11.7. The summed E-state index contributed by atoms with van der Waals surface area (Å²) in [6.45, 7) is 9.10. The van der Waals surface area contributed by atoms with Crippen LogP contribution in [-0.2, 0) is 12.1 Å². The average Bonchev–Trinajstić information content (AvgIpc) is 2.86. The predicted molar refractivity (Wildman–Crippen MR) is 74.5 cm³/mol. The van der Waals surface area contributed by atoms with Gasteiger partial charge in [-0.15, -0.1) is 5.10 Å². The Kier molecular flexibility index (Phi) is 3.95. The monoisotopic (exact) mass is 259 g/mol. The Labute approximate surface area is 114 Å². The highest BCUT2D eigenvalue weighted by Gasteiger charge is 2.15. The van der Waals surface area contributed by atoms with Crippen LogP contribution >= 0.6 is 0 Å². The Morgan fingerprint density at radius 2 is 2.11 bits per heavy atom. The number of hydrogen-bond donors (Lipinski definition) is 1. The van der Waals surface area contributed by atoms with Crippen molar-refractivity contribution < 1.29 is 0 Å². The lowest BCUT2D eigenvalue weighted by molar-refractivity contribution is 0.347. The summed E-state index contributed by atoms with van der Waals surface area (Å²) in [4.78, 5) is 4.33. The minimum Gasteiger partial charge on any atom is -0.303 e. The first-order chi connectivity index (χ1) is 8.97. The van der Waals surface area contributed by atoms with Crippen molar-refractivity contribution in [2.45, 2.75) is 45.8 Å². The molecular formula is C14H21N5. The van der Waals surface area contributed by atoms with E-state index in [1.807, 2.05) is 35.3 Å². The maximum absolute atomic E-state index is 4.33. The summed E-state index contributed by atoms with van der Waals surface area (Å²) < 4.78 is 1.88. The molecule has 5 heteroatoms. The Hall–Kier alpha value is -1.75. The molecule has 2 aromatic rings. The van der Waals surface area contributed by atoms with Crippen LogP contribution in [-0.4, -0.2) is 20.0 Å². The molecule has 2 heterocycles. The molecule has 1 atom stereocenters. The fourth-order valence-corrected chi connectivity index (χ4v) is 1.70. The average molecular weight is 259 g/mol. The molecule has 0 radical (unpaired) electrons. The number of pyridine rings is 1. The molecule has 0 spiro atoms. The Morgan fingerprint density at radius 3 is 2.68 bits per heavy atom. The summed E-state index contributed by atoms with van der Waals surface area (Å²) >= 11 is 0. The van der Waals surface area contributed by atoms with Crippen molar-refractivity contribution in [1.82, 2.24) is 25.3 Å². The first kappa shape index (κ1) is 13.7. The summed E-state index contributed by atoms with van der Waals surface area (Å²) in [5.74, 6) is 0. The Bertz CT molecular complexity index is 512. The first-order valence-corrected chi connectivity index (χ1v) is 6.53. The molecule has 0 aromatic carbocycles. The van der Waals surface area contributed by atoms with E-state index in [4.69, 9.17) is 0 Å². The van der Waals surface area contributed by atoms with Crippen LogP contribution in [0.25, 0.3) is 0 Å². The molecule has 1 N–H and O–H groups in total. The van der Waals surface area contributed by atoms with E-state index < -0.39 is 0 Å². The van der Waals surface area contributed by atoms with Gasteiger partial charge in [0.2, 0.25) is 0 Å². The highest BCUT2D eigenvalue weighted by molar-refractivity contribution is 5.08. The minimum atomic E-state index is -0.0299. The highest BCUT2D eigenvalue weighted by Crippen LogP contribution is 2.13. The van der Waals surface area contributed by atoms with Crippen molar-refractivity contribution in [1.29, 1.82) is 0 Å². The van der Waals surface area contributed by atoms with E-state index in [1.54, 1.807) is 0 Å². The zero-order valence-electron chi connectivity index (χ0n) is 12.0. The van der Waals surface area contributed by atoms with Crippen LogP contribution in [0.1, 0.15) is 45.1 Å². The molecule has 0 aliphatic carbocycles. The highest BCUT2D eigenvalue weighted by atomic mass is 15.4. The van der Waals surface area contributed by atoms with Crippen molar-refractivity contribution in [3.05, 3.63) is 42.0 Å². The van der Waals surface area contributed by atoms with E-state index in [0.717, 1.165) is 11.4 Å². The van der Waals surface area contributed by atoms with Crippen molar-refractivity contribution in [2.75, 3.05) is 0 Å². The predicted octanol–water partition coefficient (Wildman–Crippen LogP) is 2.28. The van der Waals surface area contributed by atoms with Crippen LogP contribution in [0.5, 0.6) is 0 Å². The molecule has 0 saturated heterocycles. The van der Waals surface area contributed by atoms with Gasteiger partial charge in [-0.2, -0.15) is 0 Å². The van der Waals surface area contributed by atoms with Crippen LogP contribution in [0.3, 0.4) is 0 Å². The maximum Gasteiger partial charge on any atom is 0.0965 e. The zero-order valence-corrected chi connectivity index (χ0v) is 12.0. The van der Waals surface area contributed by atoms with Gasteiger partial charge in [0.05, 0.1) is 23.1 Å². The molecule has 0 aliphatic rings. The minimum absolute atomic E-state index is 0.0299. The molecule has 0 saturated carbocycles. The van der Waals surface area contributed by atoms with Gasteiger partial charge < -0.3 is 5.32 Å². The number of rotatable bonds is 4. The zero-order chi connectivity index (χ0) is 13.9. The van der Waals surface area contributed by atoms with Gasteiger partial charge in [-0.1, -0.05) is 11.3 Å². The fraction of sp³-hybridized carbons (Fsp3) is 0.500. The molecule has 0 unspecified atom stereocenters. The molecular weight excluding hydrogens is 238 g/mol. The van der Waals surface area contributed by atoms with Gasteiger partial charge in [0.25, 0.3) is 0 Å². The molecule has 0 aliphatic heterocycles. The summed E-state index contributed by atoms with van der Waals surface area (Å²) in [5.41, 5.74) is 1.95. The molecule has 102 valence electrons. The topological polar surface area (TPSA) is 55.6 Å². The second-order valence-corrected chi connectivity index (χ2v) is 5.68. The number of aromatic nitrogens is 4. The van der Waals surface area contributed by atoms with Gasteiger partial charge in [-0.05, 0) is 39.8 Å². The van der Waals surface area contributed by atoms with E-state index in [1.165, 1.54) is 0 Å². The molecule has 5 nitrogen and oxygen atoms in total. The maximum atomic E-state index is 4.33. The van der Waals surface area contributed by atoms with Gasteiger partial charge in [0.1, 0.15) is 0 Å². The van der Waals surface area contributed by atoms with Crippen molar-refractivity contribution in [2.24, 2.45) is 0 Å². The molecule has 2 rings (SSSR count). The molecule has 19 heavy (non-hydrogen) atoms. The third-order valence-electron chi connectivity index (χ3n) is 2.95. The van der Waals surface area contributed by atoms with Crippen LogP contribution in [0, 0.1) is 0 Å². The second kappa shape index (κ2) is 5.48. The summed E-state index contributed by atoms with van der Waals surface area (Å²) in [7, 11) is 0. The van der Waals surface area contributed by atoms with Gasteiger partial charge in [0.15, 0.2) is 0 Å². The lowest BCUT2D eigenvalue weighted by atomic mass is 10.1. The summed E-state index contributed by atoms with van der Waals surface area (Å²) in [6, 6.07) is 6.13. The first-order valence-electron chi connectivity index (χ1n) is 6.53. The van der Waals surface area contributed by atoms with Crippen LogP contribution in [0.2, 0.25) is 0 Å². The van der Waals surface area contributed by atoms with Gasteiger partial charge in [-0.25, -0.2) is 4.68 Å². The van der Waals surface area contributed by atoms with Crippen LogP contribution in [0.4, 0.5) is 0 Å². The van der Waals surface area contributed by atoms with E-state index in [0.29, 0.717) is 6.54 Å². The third kappa shape index (κ3) is 3.61. The SMILES string of the molecule is C[C@@H](NCc1cn(C(C)(C)C)nn1)c1ccccn1. The van der Waals surface area contributed by atoms with Gasteiger partial charge >= 0.3 is 0 Å². The summed E-state index contributed by atoms with van der Waals surface area (Å²) in [6.07, 6.45) is 3.79. The largest absolute Gasteiger partial charge is 0.303 e. The van der Waals surface area contributed by atoms with Crippen molar-refractivity contribution in [3.8, 4) is 0 Å². The standard InChI is InChI=1S/C14H21N5/c1-11(13-7-5-6-8-15-13)16-9-12-10-19(18-17-12)14(2,3)4/h5-8,10-11,16H,9H2,1-4H3/t11-/m1/s1. The van der Waals surface area contributed by atoms with E-state index in [-0.39, 0.29) is 11.6 Å². The number of nitrogens with one attached hydrogen (secondary N) is 1. The number of nitrogens with zero attached hydrogens (tertiary/aromatic N) is 4. The lowest BCUT2D eigenvalue weighted by Gasteiger charge is -2.17. The number of hydrogen-bond acceptors (Lipinski definition) is 4. The second-order valence-electron chi connectivity index (χ2n) is 5.68.